The Bertz CT molecular complexity index is 568. The third kappa shape index (κ3) is 2.47. The van der Waals surface area contributed by atoms with Gasteiger partial charge in [-0.2, -0.15) is 0 Å². The largest absolute Gasteiger partial charge is 0.337 e. The molecular formula is C16H19N3O. The fourth-order valence-corrected chi connectivity index (χ4v) is 2.62. The summed E-state index contributed by atoms with van der Waals surface area (Å²) in [6, 6.07) is 12.0. The predicted molar refractivity (Wildman–Crippen MR) is 79.1 cm³/mol. The fraction of sp³-hybridized carbons (Fsp3) is 0.312. The summed E-state index contributed by atoms with van der Waals surface area (Å²) in [5, 5.41) is 3.29. The number of rotatable bonds is 3. The Labute approximate surface area is 119 Å². The van der Waals surface area contributed by atoms with Gasteiger partial charge in [-0.15, -0.1) is 0 Å². The molecule has 0 bridgehead atoms. The van der Waals surface area contributed by atoms with Gasteiger partial charge in [-0.25, -0.2) is 0 Å². The van der Waals surface area contributed by atoms with Crippen LogP contribution in [0.25, 0.3) is 5.69 Å². The summed E-state index contributed by atoms with van der Waals surface area (Å²) in [7, 11) is 1.89. The zero-order valence-corrected chi connectivity index (χ0v) is 11.6. The molecular weight excluding hydrogens is 250 g/mol. The zero-order chi connectivity index (χ0) is 13.9. The molecule has 0 saturated carbocycles. The maximum Gasteiger partial charge on any atom is 0.253 e. The van der Waals surface area contributed by atoms with Crippen molar-refractivity contribution in [1.82, 2.24) is 14.8 Å². The Hall–Kier alpha value is -2.07. The van der Waals surface area contributed by atoms with Gasteiger partial charge in [0.15, 0.2) is 0 Å². The van der Waals surface area contributed by atoms with Gasteiger partial charge in [-0.1, -0.05) is 0 Å². The van der Waals surface area contributed by atoms with Crippen molar-refractivity contribution < 1.29 is 4.79 Å². The maximum absolute atomic E-state index is 12.4. The van der Waals surface area contributed by atoms with Crippen LogP contribution in [0.15, 0.2) is 48.8 Å². The van der Waals surface area contributed by atoms with Crippen molar-refractivity contribution in [1.29, 1.82) is 0 Å². The van der Waals surface area contributed by atoms with Gasteiger partial charge in [-0.05, 0) is 49.4 Å². The molecule has 1 saturated heterocycles. The van der Waals surface area contributed by atoms with E-state index >= 15 is 0 Å². The van der Waals surface area contributed by atoms with E-state index in [0.29, 0.717) is 6.04 Å². The Morgan fingerprint density at radius 1 is 1.25 bits per heavy atom. The molecule has 0 aliphatic carbocycles. The quantitative estimate of drug-likeness (QED) is 0.924. The molecule has 4 nitrogen and oxygen atoms in total. The number of hydrogen-bond acceptors (Lipinski definition) is 2. The van der Waals surface area contributed by atoms with E-state index in [2.05, 4.69) is 5.32 Å². The van der Waals surface area contributed by atoms with Crippen LogP contribution in [0.2, 0.25) is 0 Å². The molecule has 1 N–H and O–H groups in total. The molecule has 2 heterocycles. The highest BCUT2D eigenvalue weighted by Crippen LogP contribution is 2.14. The lowest BCUT2D eigenvalue weighted by atomic mass is 10.1. The molecule has 1 aliphatic rings. The second kappa shape index (κ2) is 5.51. The van der Waals surface area contributed by atoms with Gasteiger partial charge >= 0.3 is 0 Å². The smallest absolute Gasteiger partial charge is 0.253 e. The van der Waals surface area contributed by atoms with E-state index in [1.54, 1.807) is 0 Å². The third-order valence-electron chi connectivity index (χ3n) is 3.92. The van der Waals surface area contributed by atoms with Crippen molar-refractivity contribution in [3.63, 3.8) is 0 Å². The number of hydrogen-bond donors (Lipinski definition) is 1. The lowest BCUT2D eigenvalue weighted by molar-refractivity contribution is 0.0744. The van der Waals surface area contributed by atoms with Crippen LogP contribution < -0.4 is 5.32 Å². The van der Waals surface area contributed by atoms with Gasteiger partial charge in [0.05, 0.1) is 0 Å². The SMILES string of the molecule is CN(C(=O)c1ccc(-n2cccc2)cc1)C1CCNC1. The number of amides is 1. The standard InChI is InChI=1S/C16H19N3O/c1-18(15-8-9-17-12-15)16(20)13-4-6-14(7-5-13)19-10-2-3-11-19/h2-7,10-11,15,17H,8-9,12H2,1H3. The van der Waals surface area contributed by atoms with Gasteiger partial charge in [0.2, 0.25) is 0 Å². The number of nitrogens with one attached hydrogen (secondary N) is 1. The third-order valence-corrected chi connectivity index (χ3v) is 3.92. The van der Waals surface area contributed by atoms with Gasteiger partial charge in [-0.3, -0.25) is 4.79 Å². The fourth-order valence-electron chi connectivity index (χ4n) is 2.62. The summed E-state index contributed by atoms with van der Waals surface area (Å²) in [5.74, 6) is 0.0951. The summed E-state index contributed by atoms with van der Waals surface area (Å²) in [6.07, 6.45) is 5.02. The Balaban J connectivity index is 1.75. The molecule has 1 aromatic heterocycles. The Kier molecular flexibility index (Phi) is 3.56. The summed E-state index contributed by atoms with van der Waals surface area (Å²) in [6.45, 7) is 1.89. The molecule has 1 fully saturated rings. The molecule has 1 unspecified atom stereocenters. The Morgan fingerprint density at radius 3 is 2.55 bits per heavy atom. The molecule has 1 aliphatic heterocycles. The highest BCUT2D eigenvalue weighted by Gasteiger charge is 2.23. The molecule has 3 rings (SSSR count). The van der Waals surface area contributed by atoms with E-state index < -0.39 is 0 Å². The minimum Gasteiger partial charge on any atom is -0.337 e. The molecule has 20 heavy (non-hydrogen) atoms. The van der Waals surface area contributed by atoms with Crippen molar-refractivity contribution in [2.24, 2.45) is 0 Å². The van der Waals surface area contributed by atoms with E-state index in [1.165, 1.54) is 0 Å². The van der Waals surface area contributed by atoms with Crippen LogP contribution in [0.3, 0.4) is 0 Å². The molecule has 4 heteroatoms. The number of aromatic nitrogens is 1. The topological polar surface area (TPSA) is 37.3 Å². The van der Waals surface area contributed by atoms with Crippen molar-refractivity contribution in [2.45, 2.75) is 12.5 Å². The number of carbonyl (C=O) groups is 1. The van der Waals surface area contributed by atoms with Crippen LogP contribution in [0, 0.1) is 0 Å². The van der Waals surface area contributed by atoms with E-state index in [1.807, 2.05) is 65.3 Å². The molecule has 2 aromatic rings. The van der Waals surface area contributed by atoms with Crippen molar-refractivity contribution in [3.8, 4) is 5.69 Å². The molecule has 0 radical (unpaired) electrons. The predicted octanol–water partition coefficient (Wildman–Crippen LogP) is 1.91. The van der Waals surface area contributed by atoms with E-state index in [0.717, 1.165) is 30.8 Å². The van der Waals surface area contributed by atoms with Crippen molar-refractivity contribution in [3.05, 3.63) is 54.4 Å². The van der Waals surface area contributed by atoms with E-state index in [-0.39, 0.29) is 5.91 Å². The van der Waals surface area contributed by atoms with Gasteiger partial charge < -0.3 is 14.8 Å². The van der Waals surface area contributed by atoms with Gasteiger partial charge in [0.1, 0.15) is 0 Å². The number of carbonyl (C=O) groups excluding carboxylic acids is 1. The lowest BCUT2D eigenvalue weighted by Gasteiger charge is -2.23. The van der Waals surface area contributed by atoms with Crippen molar-refractivity contribution >= 4 is 5.91 Å². The second-order valence-electron chi connectivity index (χ2n) is 5.20. The van der Waals surface area contributed by atoms with E-state index in [9.17, 15) is 4.79 Å². The first-order valence-electron chi connectivity index (χ1n) is 6.97. The van der Waals surface area contributed by atoms with Gasteiger partial charge in [0, 0.05) is 43.3 Å². The van der Waals surface area contributed by atoms with Crippen LogP contribution >= 0.6 is 0 Å². The second-order valence-corrected chi connectivity index (χ2v) is 5.20. The highest BCUT2D eigenvalue weighted by atomic mass is 16.2. The normalized spacial score (nSPS) is 18.1. The zero-order valence-electron chi connectivity index (χ0n) is 11.6. The first-order valence-corrected chi connectivity index (χ1v) is 6.97. The van der Waals surface area contributed by atoms with Crippen LogP contribution in [-0.2, 0) is 0 Å². The minimum atomic E-state index is 0.0951. The highest BCUT2D eigenvalue weighted by molar-refractivity contribution is 5.94. The summed E-state index contributed by atoms with van der Waals surface area (Å²) < 4.78 is 2.03. The molecule has 1 atom stereocenters. The number of nitrogens with zero attached hydrogens (tertiary/aromatic N) is 2. The first kappa shape index (κ1) is 12.9. The van der Waals surface area contributed by atoms with Crippen molar-refractivity contribution in [2.75, 3.05) is 20.1 Å². The van der Waals surface area contributed by atoms with Crippen LogP contribution in [0.5, 0.6) is 0 Å². The van der Waals surface area contributed by atoms with E-state index in [4.69, 9.17) is 0 Å². The van der Waals surface area contributed by atoms with Crippen LogP contribution in [0.4, 0.5) is 0 Å². The lowest BCUT2D eigenvalue weighted by Crippen LogP contribution is -2.38. The number of likely N-dealkylation sites (N-methyl/N-ethyl adjacent to an activating group) is 1. The molecule has 104 valence electrons. The average Bonchev–Trinajstić information content (AvgIpc) is 3.18. The maximum atomic E-state index is 12.4. The summed E-state index contributed by atoms with van der Waals surface area (Å²) >= 11 is 0. The first-order chi connectivity index (χ1) is 9.75. The van der Waals surface area contributed by atoms with Crippen LogP contribution in [0.1, 0.15) is 16.8 Å². The molecule has 1 aromatic carbocycles. The van der Waals surface area contributed by atoms with Crippen LogP contribution in [-0.4, -0.2) is 41.6 Å². The number of benzene rings is 1. The van der Waals surface area contributed by atoms with Gasteiger partial charge in [0.25, 0.3) is 5.91 Å². The summed E-state index contributed by atoms with van der Waals surface area (Å²) in [4.78, 5) is 14.3. The molecule has 0 spiro atoms. The minimum absolute atomic E-state index is 0.0951. The monoisotopic (exact) mass is 269 g/mol. The Morgan fingerprint density at radius 2 is 1.95 bits per heavy atom. The summed E-state index contributed by atoms with van der Waals surface area (Å²) in [5.41, 5.74) is 1.81. The molecule has 1 amide bonds. The average molecular weight is 269 g/mol.